The number of nitrogens with two attached hydrogens (primary N) is 2. The summed E-state index contributed by atoms with van der Waals surface area (Å²) in [7, 11) is 0. The molecule has 0 spiro atoms. The van der Waals surface area contributed by atoms with Crippen molar-refractivity contribution in [3.8, 4) is 0 Å². The van der Waals surface area contributed by atoms with Crippen LogP contribution in [0.3, 0.4) is 0 Å². The first-order valence-corrected chi connectivity index (χ1v) is 3.73. The maximum Gasteiger partial charge on any atom is 0.429 e. The van der Waals surface area contributed by atoms with Gasteiger partial charge < -0.3 is 16.3 Å². The first-order valence-electron chi connectivity index (χ1n) is 3.73. The number of hydrogen-bond acceptors (Lipinski definition) is 3. The van der Waals surface area contributed by atoms with Gasteiger partial charge in [-0.15, -0.1) is 5.06 Å². The van der Waals surface area contributed by atoms with Gasteiger partial charge in [0, 0.05) is 0 Å². The van der Waals surface area contributed by atoms with Gasteiger partial charge in [0.2, 0.25) is 0 Å². The lowest BCUT2D eigenvalue weighted by atomic mass is 10.3. The van der Waals surface area contributed by atoms with E-state index in [4.69, 9.17) is 11.5 Å². The Kier molecular flexibility index (Phi) is 2.90. The Labute approximate surface area is 80.0 Å². The van der Waals surface area contributed by atoms with Crippen molar-refractivity contribution in [1.82, 2.24) is 0 Å². The molecule has 0 aliphatic carbocycles. The third-order valence-corrected chi connectivity index (χ3v) is 1.37. The second kappa shape index (κ2) is 4.13. The molecule has 14 heavy (non-hydrogen) atoms. The average Bonchev–Trinajstić information content (AvgIpc) is 2.15. The quantitative estimate of drug-likeness (QED) is 0.641. The van der Waals surface area contributed by atoms with Crippen molar-refractivity contribution in [2.45, 2.75) is 0 Å². The predicted molar refractivity (Wildman–Crippen MR) is 49.2 cm³/mol. The third-order valence-electron chi connectivity index (χ3n) is 1.37. The van der Waals surface area contributed by atoms with Crippen LogP contribution in [-0.4, -0.2) is 12.1 Å². The molecule has 0 aliphatic rings. The summed E-state index contributed by atoms with van der Waals surface area (Å²) in [6, 6.07) is 7.24. The number of nitrogens with zero attached hydrogens (tertiary/aromatic N) is 1. The number of carbonyl (C=O) groups excluding carboxylic acids is 2. The molecule has 4 N–H and O–H groups in total. The van der Waals surface area contributed by atoms with Crippen LogP contribution in [0.15, 0.2) is 30.3 Å². The maximum absolute atomic E-state index is 10.9. The third kappa shape index (κ3) is 2.37. The van der Waals surface area contributed by atoms with Crippen LogP contribution in [0.4, 0.5) is 15.3 Å². The van der Waals surface area contributed by atoms with E-state index in [0.717, 1.165) is 0 Å². The van der Waals surface area contributed by atoms with E-state index in [2.05, 4.69) is 4.84 Å². The minimum Gasteiger partial charge on any atom is -0.349 e. The lowest BCUT2D eigenvalue weighted by Crippen LogP contribution is -2.39. The van der Waals surface area contributed by atoms with Crippen molar-refractivity contribution in [2.75, 3.05) is 5.06 Å². The molecule has 0 saturated carbocycles. The van der Waals surface area contributed by atoms with Gasteiger partial charge in [0.1, 0.15) is 0 Å². The van der Waals surface area contributed by atoms with Crippen molar-refractivity contribution in [3.05, 3.63) is 30.3 Å². The smallest absolute Gasteiger partial charge is 0.349 e. The number of hydrogen-bond donors (Lipinski definition) is 2. The molecule has 0 unspecified atom stereocenters. The number of anilines is 1. The van der Waals surface area contributed by atoms with Crippen LogP contribution in [0, 0.1) is 0 Å². The molecule has 0 fully saturated rings. The number of rotatable bonds is 1. The molecule has 0 bridgehead atoms. The molecular weight excluding hydrogens is 186 g/mol. The van der Waals surface area contributed by atoms with E-state index in [1.807, 2.05) is 0 Å². The topological polar surface area (TPSA) is 98.7 Å². The number of urea groups is 1. The molecule has 0 heterocycles. The fourth-order valence-corrected chi connectivity index (χ4v) is 0.878. The molecule has 1 aromatic carbocycles. The summed E-state index contributed by atoms with van der Waals surface area (Å²) in [5.74, 6) is 0. The van der Waals surface area contributed by atoms with Crippen molar-refractivity contribution >= 4 is 17.8 Å². The van der Waals surface area contributed by atoms with E-state index >= 15 is 0 Å². The van der Waals surface area contributed by atoms with Crippen LogP contribution in [-0.2, 0) is 4.84 Å². The molecule has 0 saturated heterocycles. The van der Waals surface area contributed by atoms with E-state index < -0.39 is 12.1 Å². The second-order valence-electron chi connectivity index (χ2n) is 2.38. The normalized spacial score (nSPS) is 9.14. The van der Waals surface area contributed by atoms with Gasteiger partial charge in [0.05, 0.1) is 5.69 Å². The van der Waals surface area contributed by atoms with Crippen LogP contribution in [0.25, 0.3) is 0 Å². The summed E-state index contributed by atoms with van der Waals surface area (Å²) < 4.78 is 0. The Bertz CT molecular complexity index is 339. The molecule has 6 nitrogen and oxygen atoms in total. The lowest BCUT2D eigenvalue weighted by Gasteiger charge is -2.16. The van der Waals surface area contributed by atoms with E-state index in [-0.39, 0.29) is 0 Å². The number of hydroxylamine groups is 1. The number of benzene rings is 1. The molecule has 0 radical (unpaired) electrons. The Morgan fingerprint density at radius 2 is 1.71 bits per heavy atom. The summed E-state index contributed by atoms with van der Waals surface area (Å²) in [6.45, 7) is 0. The van der Waals surface area contributed by atoms with Gasteiger partial charge in [-0.05, 0) is 12.1 Å². The van der Waals surface area contributed by atoms with Crippen LogP contribution in [0.2, 0.25) is 0 Å². The van der Waals surface area contributed by atoms with Crippen molar-refractivity contribution in [1.29, 1.82) is 0 Å². The number of primary amides is 2. The Hall–Kier alpha value is -2.24. The van der Waals surface area contributed by atoms with Gasteiger partial charge in [-0.2, -0.15) is 0 Å². The monoisotopic (exact) mass is 195 g/mol. The maximum atomic E-state index is 10.9. The van der Waals surface area contributed by atoms with E-state index in [0.29, 0.717) is 10.8 Å². The molecule has 0 atom stereocenters. The minimum absolute atomic E-state index is 0.332. The molecule has 74 valence electrons. The van der Waals surface area contributed by atoms with Crippen molar-refractivity contribution in [3.63, 3.8) is 0 Å². The summed E-state index contributed by atoms with van der Waals surface area (Å²) >= 11 is 0. The second-order valence-corrected chi connectivity index (χ2v) is 2.38. The van der Waals surface area contributed by atoms with E-state index in [1.165, 1.54) is 0 Å². The molecule has 0 aliphatic heterocycles. The summed E-state index contributed by atoms with van der Waals surface area (Å²) in [6.07, 6.45) is -1.10. The van der Waals surface area contributed by atoms with Crippen LogP contribution in [0.5, 0.6) is 0 Å². The molecule has 3 amide bonds. The van der Waals surface area contributed by atoms with Crippen LogP contribution >= 0.6 is 0 Å². The summed E-state index contributed by atoms with van der Waals surface area (Å²) in [5.41, 5.74) is 10.1. The zero-order chi connectivity index (χ0) is 10.6. The molecule has 0 aromatic heterocycles. The average molecular weight is 195 g/mol. The molecule has 6 heteroatoms. The summed E-state index contributed by atoms with van der Waals surface area (Å²) in [5, 5.41) is 0.613. The Morgan fingerprint density at radius 3 is 2.14 bits per heavy atom. The number of amides is 3. The largest absolute Gasteiger partial charge is 0.429 e. The van der Waals surface area contributed by atoms with Gasteiger partial charge >= 0.3 is 12.1 Å². The van der Waals surface area contributed by atoms with Gasteiger partial charge in [-0.3, -0.25) is 0 Å². The molecule has 1 rings (SSSR count). The van der Waals surface area contributed by atoms with Gasteiger partial charge in [-0.1, -0.05) is 18.2 Å². The highest BCUT2D eigenvalue weighted by molar-refractivity contribution is 5.90. The first-order chi connectivity index (χ1) is 6.61. The van der Waals surface area contributed by atoms with Crippen LogP contribution in [0.1, 0.15) is 0 Å². The highest BCUT2D eigenvalue weighted by Gasteiger charge is 2.15. The van der Waals surface area contributed by atoms with Gasteiger partial charge in [-0.25, -0.2) is 9.59 Å². The van der Waals surface area contributed by atoms with Gasteiger partial charge in [0.25, 0.3) is 0 Å². The number of para-hydroxylation sites is 1. The van der Waals surface area contributed by atoms with Crippen molar-refractivity contribution in [2.24, 2.45) is 11.5 Å². The zero-order valence-electron chi connectivity index (χ0n) is 7.21. The SMILES string of the molecule is NC(=O)ON(C(N)=O)c1ccccc1. The Balaban J connectivity index is 2.89. The van der Waals surface area contributed by atoms with Crippen LogP contribution < -0.4 is 16.5 Å². The number of carbonyl (C=O) groups is 2. The van der Waals surface area contributed by atoms with E-state index in [9.17, 15) is 9.59 Å². The fraction of sp³-hybridized carbons (Fsp3) is 0. The summed E-state index contributed by atoms with van der Waals surface area (Å²) in [4.78, 5) is 25.7. The predicted octanol–water partition coefficient (Wildman–Crippen LogP) is 0.582. The van der Waals surface area contributed by atoms with Crippen molar-refractivity contribution < 1.29 is 14.4 Å². The minimum atomic E-state index is -1.10. The fourth-order valence-electron chi connectivity index (χ4n) is 0.878. The first kappa shape index (κ1) is 9.85. The van der Waals surface area contributed by atoms with E-state index in [1.54, 1.807) is 30.3 Å². The highest BCUT2D eigenvalue weighted by Crippen LogP contribution is 2.12. The zero-order valence-corrected chi connectivity index (χ0v) is 7.21. The standard InChI is InChI=1S/C8H9N3O3/c9-7(12)11(14-8(10)13)6-4-2-1-3-5-6/h1-5H,(H2,9,12)(H2,10,13). The molecule has 1 aromatic rings. The molecular formula is C8H9N3O3. The lowest BCUT2D eigenvalue weighted by molar-refractivity contribution is 0.146. The Morgan fingerprint density at radius 1 is 1.14 bits per heavy atom. The van der Waals surface area contributed by atoms with Gasteiger partial charge in [0.15, 0.2) is 0 Å². The highest BCUT2D eigenvalue weighted by atomic mass is 16.7.